The van der Waals surface area contributed by atoms with Gasteiger partial charge in [0.1, 0.15) is 0 Å². The Hall–Kier alpha value is -0.810. The fourth-order valence-corrected chi connectivity index (χ4v) is 4.15. The molecule has 2 saturated carbocycles. The molecule has 2 amide bonds. The van der Waals surface area contributed by atoms with Gasteiger partial charge in [0.15, 0.2) is 0 Å². The van der Waals surface area contributed by atoms with Gasteiger partial charge in [-0.25, -0.2) is 4.79 Å². The number of aliphatic hydroxyl groups is 1. The van der Waals surface area contributed by atoms with E-state index in [-0.39, 0.29) is 29.8 Å². The van der Waals surface area contributed by atoms with E-state index in [9.17, 15) is 9.90 Å². The van der Waals surface area contributed by atoms with Crippen molar-refractivity contribution >= 4 is 6.03 Å². The van der Waals surface area contributed by atoms with Gasteiger partial charge in [-0.15, -0.1) is 0 Å². The van der Waals surface area contributed by atoms with Crippen LogP contribution in [-0.4, -0.2) is 41.5 Å². The second-order valence-electron chi connectivity index (χ2n) is 7.05. The third-order valence-corrected chi connectivity index (χ3v) is 5.37. The number of hydrogen-bond acceptors (Lipinski definition) is 3. The van der Waals surface area contributed by atoms with Crippen LogP contribution in [0.4, 0.5) is 4.79 Å². The Kier molecular flexibility index (Phi) is 4.69. The highest BCUT2D eigenvalue weighted by molar-refractivity contribution is 5.74. The average Bonchev–Trinajstić information content (AvgIpc) is 2.89. The molecule has 120 valence electrons. The number of amides is 2. The standard InChI is InChI=1S/C16H28N2O3/c19-14-5-3-12(4-6-14)17-15(20)18-13-7-10-21-16(11-13)8-1-2-9-16/h12-14,19H,1-11H2,(H2,17,18,20). The molecule has 1 spiro atoms. The predicted molar refractivity (Wildman–Crippen MR) is 80.1 cm³/mol. The zero-order valence-electron chi connectivity index (χ0n) is 12.8. The molecule has 1 aliphatic heterocycles. The first-order valence-corrected chi connectivity index (χ1v) is 8.54. The molecule has 1 heterocycles. The van der Waals surface area contributed by atoms with Gasteiger partial charge < -0.3 is 20.5 Å². The van der Waals surface area contributed by atoms with E-state index >= 15 is 0 Å². The van der Waals surface area contributed by atoms with Gasteiger partial charge in [0.25, 0.3) is 0 Å². The topological polar surface area (TPSA) is 70.6 Å². The Bertz CT molecular complexity index is 361. The van der Waals surface area contributed by atoms with Crippen LogP contribution in [0.3, 0.4) is 0 Å². The van der Waals surface area contributed by atoms with Gasteiger partial charge in [0.05, 0.1) is 11.7 Å². The highest BCUT2D eigenvalue weighted by atomic mass is 16.5. The van der Waals surface area contributed by atoms with Crippen molar-refractivity contribution in [1.29, 1.82) is 0 Å². The normalized spacial score (nSPS) is 35.6. The van der Waals surface area contributed by atoms with Gasteiger partial charge in [-0.05, 0) is 51.4 Å². The maximum atomic E-state index is 12.1. The Morgan fingerprint density at radius 3 is 2.38 bits per heavy atom. The van der Waals surface area contributed by atoms with E-state index in [0.29, 0.717) is 0 Å². The van der Waals surface area contributed by atoms with Crippen molar-refractivity contribution in [3.8, 4) is 0 Å². The lowest BCUT2D eigenvalue weighted by Gasteiger charge is -2.38. The van der Waals surface area contributed by atoms with Gasteiger partial charge >= 0.3 is 6.03 Å². The van der Waals surface area contributed by atoms with Crippen molar-refractivity contribution in [2.24, 2.45) is 0 Å². The summed E-state index contributed by atoms with van der Waals surface area (Å²) in [5.41, 5.74) is 0.0468. The highest BCUT2D eigenvalue weighted by Crippen LogP contribution is 2.39. The summed E-state index contributed by atoms with van der Waals surface area (Å²) in [6, 6.07) is 0.413. The first-order valence-electron chi connectivity index (χ1n) is 8.54. The molecule has 3 N–H and O–H groups in total. The quantitative estimate of drug-likeness (QED) is 0.730. The number of rotatable bonds is 2. The molecule has 1 atom stereocenters. The summed E-state index contributed by atoms with van der Waals surface area (Å²) in [6.45, 7) is 0.764. The van der Waals surface area contributed by atoms with Crippen LogP contribution in [0.15, 0.2) is 0 Å². The molecule has 3 rings (SSSR count). The summed E-state index contributed by atoms with van der Waals surface area (Å²) in [6.07, 6.45) is 9.86. The lowest BCUT2D eigenvalue weighted by molar-refractivity contribution is -0.0820. The molecule has 3 aliphatic rings. The zero-order chi connectivity index (χ0) is 14.7. The minimum atomic E-state index is -0.177. The Balaban J connectivity index is 1.44. The van der Waals surface area contributed by atoms with Gasteiger partial charge in [-0.2, -0.15) is 0 Å². The molecular weight excluding hydrogens is 268 g/mol. The lowest BCUT2D eigenvalue weighted by atomic mass is 9.89. The average molecular weight is 296 g/mol. The molecule has 2 aliphatic carbocycles. The van der Waals surface area contributed by atoms with E-state index in [1.165, 1.54) is 12.8 Å². The summed E-state index contributed by atoms with van der Waals surface area (Å²) in [5, 5.41) is 15.7. The van der Waals surface area contributed by atoms with E-state index in [1.807, 2.05) is 0 Å². The molecule has 1 unspecified atom stereocenters. The number of carbonyl (C=O) groups is 1. The Labute approximate surface area is 126 Å². The summed E-state index contributed by atoms with van der Waals surface area (Å²) in [4.78, 5) is 12.1. The van der Waals surface area contributed by atoms with Gasteiger partial charge in [0.2, 0.25) is 0 Å². The largest absolute Gasteiger partial charge is 0.393 e. The van der Waals surface area contributed by atoms with Crippen LogP contribution in [0.5, 0.6) is 0 Å². The monoisotopic (exact) mass is 296 g/mol. The van der Waals surface area contributed by atoms with Gasteiger partial charge in [0, 0.05) is 18.7 Å². The predicted octanol–water partition coefficient (Wildman–Crippen LogP) is 2.08. The maximum Gasteiger partial charge on any atom is 0.315 e. The van der Waals surface area contributed by atoms with Crippen molar-refractivity contribution in [2.45, 2.75) is 88.0 Å². The fraction of sp³-hybridized carbons (Fsp3) is 0.938. The zero-order valence-corrected chi connectivity index (χ0v) is 12.8. The summed E-state index contributed by atoms with van der Waals surface area (Å²) in [5.74, 6) is 0. The van der Waals surface area contributed by atoms with Crippen LogP contribution in [0.25, 0.3) is 0 Å². The minimum Gasteiger partial charge on any atom is -0.393 e. The van der Waals surface area contributed by atoms with Crippen LogP contribution >= 0.6 is 0 Å². The number of aliphatic hydroxyl groups excluding tert-OH is 1. The van der Waals surface area contributed by atoms with E-state index in [2.05, 4.69) is 10.6 Å². The third kappa shape index (κ3) is 3.89. The second-order valence-corrected chi connectivity index (χ2v) is 7.05. The second kappa shape index (κ2) is 6.53. The fourth-order valence-electron chi connectivity index (χ4n) is 4.15. The molecule has 1 saturated heterocycles. The van der Waals surface area contributed by atoms with Crippen molar-refractivity contribution in [3.05, 3.63) is 0 Å². The first kappa shape index (κ1) is 15.1. The van der Waals surface area contributed by atoms with Crippen molar-refractivity contribution in [1.82, 2.24) is 10.6 Å². The van der Waals surface area contributed by atoms with E-state index < -0.39 is 0 Å². The van der Waals surface area contributed by atoms with Gasteiger partial charge in [-0.3, -0.25) is 0 Å². The van der Waals surface area contributed by atoms with Crippen LogP contribution in [0.1, 0.15) is 64.2 Å². The molecule has 0 aromatic heterocycles. The molecule has 21 heavy (non-hydrogen) atoms. The molecule has 0 aromatic rings. The summed E-state index contributed by atoms with van der Waals surface area (Å²) < 4.78 is 6.00. The summed E-state index contributed by atoms with van der Waals surface area (Å²) >= 11 is 0. The molecule has 3 fully saturated rings. The van der Waals surface area contributed by atoms with Crippen molar-refractivity contribution < 1.29 is 14.6 Å². The molecule has 0 bridgehead atoms. The molecule has 0 radical (unpaired) electrons. The van der Waals surface area contributed by atoms with Crippen LogP contribution in [-0.2, 0) is 4.74 Å². The maximum absolute atomic E-state index is 12.1. The van der Waals surface area contributed by atoms with Crippen LogP contribution in [0, 0.1) is 0 Å². The molecule has 5 nitrogen and oxygen atoms in total. The van der Waals surface area contributed by atoms with E-state index in [1.54, 1.807) is 0 Å². The molecular formula is C16H28N2O3. The third-order valence-electron chi connectivity index (χ3n) is 5.37. The van der Waals surface area contributed by atoms with E-state index in [4.69, 9.17) is 4.74 Å². The summed E-state index contributed by atoms with van der Waals surface area (Å²) in [7, 11) is 0. The smallest absolute Gasteiger partial charge is 0.315 e. The SMILES string of the molecule is O=C(NC1CCC(O)CC1)NC1CCOC2(CCCC2)C1. The number of nitrogens with one attached hydrogen (secondary N) is 2. The Morgan fingerprint density at radius 2 is 1.67 bits per heavy atom. The van der Waals surface area contributed by atoms with Crippen LogP contribution in [0.2, 0.25) is 0 Å². The highest BCUT2D eigenvalue weighted by Gasteiger charge is 2.40. The lowest BCUT2D eigenvalue weighted by Crippen LogP contribution is -2.52. The van der Waals surface area contributed by atoms with E-state index in [0.717, 1.165) is 58.0 Å². The number of carbonyl (C=O) groups excluding carboxylic acids is 1. The molecule has 0 aromatic carbocycles. The number of ether oxygens (including phenoxy) is 1. The van der Waals surface area contributed by atoms with Gasteiger partial charge in [-0.1, -0.05) is 12.8 Å². The molecule has 5 heteroatoms. The number of hydrogen-bond donors (Lipinski definition) is 3. The van der Waals surface area contributed by atoms with Crippen molar-refractivity contribution in [2.75, 3.05) is 6.61 Å². The minimum absolute atomic E-state index is 0.0450. The number of urea groups is 1. The van der Waals surface area contributed by atoms with Crippen molar-refractivity contribution in [3.63, 3.8) is 0 Å². The Morgan fingerprint density at radius 1 is 1.00 bits per heavy atom. The van der Waals surface area contributed by atoms with Crippen LogP contribution < -0.4 is 10.6 Å². The first-order chi connectivity index (χ1) is 10.2.